The second kappa shape index (κ2) is 10.8. The van der Waals surface area contributed by atoms with Gasteiger partial charge in [0.15, 0.2) is 9.84 Å². The average Bonchev–Trinajstić information content (AvgIpc) is 3.61. The molecular formula is C28H33N5O4SSi. The number of rotatable bonds is 10. The number of aromatic nitrogens is 4. The smallest absolute Gasteiger partial charge is 0.219 e. The first kappa shape index (κ1) is 26.1. The quantitative estimate of drug-likeness (QED) is 0.210. The normalized spacial score (nSPS) is 20.3. The Hall–Kier alpha value is -3.12. The van der Waals surface area contributed by atoms with Crippen molar-refractivity contribution in [3.8, 4) is 22.9 Å². The van der Waals surface area contributed by atoms with E-state index >= 15 is 0 Å². The molecule has 2 bridgehead atoms. The highest BCUT2D eigenvalue weighted by atomic mass is 32.2. The summed E-state index contributed by atoms with van der Waals surface area (Å²) in [5.74, 6) is 1.47. The summed E-state index contributed by atoms with van der Waals surface area (Å²) < 4.78 is 37.8. The molecule has 0 spiro atoms. The molecule has 204 valence electrons. The van der Waals surface area contributed by atoms with Crippen molar-refractivity contribution in [3.63, 3.8) is 0 Å². The van der Waals surface area contributed by atoms with Crippen molar-refractivity contribution in [2.24, 2.45) is 0 Å². The van der Waals surface area contributed by atoms with Gasteiger partial charge < -0.3 is 9.47 Å². The Morgan fingerprint density at radius 3 is 2.74 bits per heavy atom. The fraction of sp³-hybridized carbons (Fsp3) is 0.393. The van der Waals surface area contributed by atoms with Crippen LogP contribution in [0.5, 0.6) is 11.6 Å². The van der Waals surface area contributed by atoms with Crippen LogP contribution in [-0.2, 0) is 27.8 Å². The van der Waals surface area contributed by atoms with Crippen molar-refractivity contribution in [2.75, 3.05) is 18.9 Å². The number of benzene rings is 1. The first-order chi connectivity index (χ1) is 18.8. The topological polar surface area (TPSA) is 99.4 Å². The van der Waals surface area contributed by atoms with E-state index in [1.165, 1.54) is 0 Å². The van der Waals surface area contributed by atoms with Crippen LogP contribution in [0, 0.1) is 0 Å². The van der Waals surface area contributed by atoms with Crippen molar-refractivity contribution >= 4 is 29.5 Å². The van der Waals surface area contributed by atoms with Crippen LogP contribution in [0.4, 0.5) is 0 Å². The maximum Gasteiger partial charge on any atom is 0.219 e. The van der Waals surface area contributed by atoms with Crippen molar-refractivity contribution in [1.29, 1.82) is 0 Å². The molecule has 11 heteroatoms. The fourth-order valence-electron chi connectivity index (χ4n) is 5.34. The maximum absolute atomic E-state index is 12.0. The van der Waals surface area contributed by atoms with Gasteiger partial charge in [0.2, 0.25) is 5.88 Å². The zero-order chi connectivity index (χ0) is 27.0. The Morgan fingerprint density at radius 1 is 1.10 bits per heavy atom. The van der Waals surface area contributed by atoms with Crippen LogP contribution in [0.2, 0.25) is 19.1 Å². The van der Waals surface area contributed by atoms with Crippen molar-refractivity contribution < 1.29 is 17.9 Å². The van der Waals surface area contributed by atoms with Crippen LogP contribution < -0.4 is 4.74 Å². The van der Waals surface area contributed by atoms with Crippen LogP contribution in [0.3, 0.4) is 0 Å². The predicted octanol–water partition coefficient (Wildman–Crippen LogP) is 4.12. The van der Waals surface area contributed by atoms with Gasteiger partial charge in [0, 0.05) is 63.9 Å². The number of pyridine rings is 2. The lowest BCUT2D eigenvalue weighted by molar-refractivity contribution is 0.0801. The first-order valence-electron chi connectivity index (χ1n) is 13.4. The lowest BCUT2D eigenvalue weighted by atomic mass is 10.2. The van der Waals surface area contributed by atoms with Gasteiger partial charge in [-0.25, -0.2) is 18.1 Å². The fourth-order valence-corrected chi connectivity index (χ4v) is 8.07. The Kier molecular flexibility index (Phi) is 7.23. The monoisotopic (exact) mass is 563 g/mol. The molecule has 2 aliphatic rings. The van der Waals surface area contributed by atoms with Gasteiger partial charge >= 0.3 is 0 Å². The number of nitrogens with zero attached hydrogens (tertiary/aromatic N) is 5. The van der Waals surface area contributed by atoms with Crippen molar-refractivity contribution in [2.45, 2.75) is 50.1 Å². The van der Waals surface area contributed by atoms with Crippen molar-refractivity contribution in [3.05, 3.63) is 66.6 Å². The third-order valence-corrected chi connectivity index (χ3v) is 11.1. The number of sulfone groups is 1. The molecule has 2 fully saturated rings. The van der Waals surface area contributed by atoms with Gasteiger partial charge in [0.05, 0.1) is 27.9 Å². The summed E-state index contributed by atoms with van der Waals surface area (Å²) in [6.07, 6.45) is 4.31. The van der Waals surface area contributed by atoms with E-state index in [-0.39, 0.29) is 17.0 Å². The molecule has 3 aromatic heterocycles. The van der Waals surface area contributed by atoms with E-state index in [2.05, 4.69) is 28.1 Å². The largest absolute Gasteiger partial charge is 0.439 e. The molecule has 1 aromatic carbocycles. The van der Waals surface area contributed by atoms with E-state index in [1.54, 1.807) is 12.4 Å². The highest BCUT2D eigenvalue weighted by molar-refractivity contribution is 7.92. The minimum atomic E-state index is -2.89. The third kappa shape index (κ3) is 5.76. The highest BCUT2D eigenvalue weighted by Gasteiger charge is 2.48. The van der Waals surface area contributed by atoms with E-state index in [0.717, 1.165) is 46.9 Å². The van der Waals surface area contributed by atoms with E-state index in [4.69, 9.17) is 14.5 Å². The third-order valence-electron chi connectivity index (χ3n) is 7.53. The summed E-state index contributed by atoms with van der Waals surface area (Å²) in [6, 6.07) is 16.9. The number of hydrogen-bond acceptors (Lipinski definition) is 8. The average molecular weight is 564 g/mol. The molecule has 39 heavy (non-hydrogen) atoms. The number of likely N-dealkylation sites (tertiary alicyclic amines) is 1. The van der Waals surface area contributed by atoms with Crippen LogP contribution in [0.1, 0.15) is 12.1 Å². The minimum Gasteiger partial charge on any atom is -0.439 e. The molecule has 4 aromatic rings. The Balaban J connectivity index is 1.08. The van der Waals surface area contributed by atoms with Crippen LogP contribution in [-0.4, -0.2) is 72.1 Å². The lowest BCUT2D eigenvalue weighted by Gasteiger charge is -2.26. The van der Waals surface area contributed by atoms with Gasteiger partial charge in [-0.1, -0.05) is 19.2 Å². The highest BCUT2D eigenvalue weighted by Crippen LogP contribution is 2.34. The summed E-state index contributed by atoms with van der Waals surface area (Å²) in [7, 11) is -3.51. The van der Waals surface area contributed by atoms with Crippen LogP contribution >= 0.6 is 0 Å². The lowest BCUT2D eigenvalue weighted by Crippen LogP contribution is -2.40. The molecule has 0 saturated carbocycles. The standard InChI is InChI=1S/C28H33N5O4SSi/c1-39(2)12-11-36-19-33-27(9-10-30-33)21-4-8-28(29-15-21)37-24-6-7-26-20(13-24)3-5-22(31-26)16-32-17-25-14-23(32)18-38(25,34)35/h3-10,13,15,23,25,39H,11-12,14,16-19H2,1-2H3. The summed E-state index contributed by atoms with van der Waals surface area (Å²) in [5, 5.41) is 5.16. The Bertz CT molecular complexity index is 1570. The summed E-state index contributed by atoms with van der Waals surface area (Å²) in [4.78, 5) is 11.6. The zero-order valence-electron chi connectivity index (χ0n) is 22.2. The molecule has 9 nitrogen and oxygen atoms in total. The Labute approximate surface area is 230 Å². The van der Waals surface area contributed by atoms with Gasteiger partial charge in [0.25, 0.3) is 0 Å². The van der Waals surface area contributed by atoms with Gasteiger partial charge in [-0.05, 0) is 48.9 Å². The summed E-state index contributed by atoms with van der Waals surface area (Å²) in [6.45, 7) is 7.12. The molecule has 0 amide bonds. The maximum atomic E-state index is 12.0. The second-order valence-corrected chi connectivity index (χ2v) is 16.5. The molecule has 0 N–H and O–H groups in total. The molecule has 2 atom stereocenters. The summed E-state index contributed by atoms with van der Waals surface area (Å²) in [5.41, 5.74) is 3.73. The summed E-state index contributed by atoms with van der Waals surface area (Å²) >= 11 is 0. The number of hydrogen-bond donors (Lipinski definition) is 0. The van der Waals surface area contributed by atoms with Crippen LogP contribution in [0.15, 0.2) is 60.9 Å². The number of fused-ring (bicyclic) bond motifs is 3. The van der Waals surface area contributed by atoms with Gasteiger partial charge in [-0.15, -0.1) is 0 Å². The van der Waals surface area contributed by atoms with Crippen LogP contribution in [0.25, 0.3) is 22.2 Å². The molecule has 2 saturated heterocycles. The van der Waals surface area contributed by atoms with E-state index in [9.17, 15) is 8.42 Å². The molecule has 5 heterocycles. The molecule has 0 aliphatic carbocycles. The molecule has 0 radical (unpaired) electrons. The second-order valence-electron chi connectivity index (χ2n) is 10.9. The van der Waals surface area contributed by atoms with Gasteiger partial charge in [0.1, 0.15) is 12.5 Å². The predicted molar refractivity (Wildman–Crippen MR) is 153 cm³/mol. The molecule has 2 aliphatic heterocycles. The first-order valence-corrected chi connectivity index (χ1v) is 18.3. The minimum absolute atomic E-state index is 0.122. The molecular weight excluding hydrogens is 530 g/mol. The van der Waals surface area contributed by atoms with E-state index < -0.39 is 18.6 Å². The van der Waals surface area contributed by atoms with E-state index in [1.807, 2.05) is 53.2 Å². The SMILES string of the molecule is C[SiH](C)CCOCn1nccc1-c1ccc(Oc2ccc3nc(CN4CC5CC4CS5(=O)=O)ccc3c2)nc1. The van der Waals surface area contributed by atoms with E-state index in [0.29, 0.717) is 31.4 Å². The van der Waals surface area contributed by atoms with Crippen molar-refractivity contribution in [1.82, 2.24) is 24.6 Å². The molecule has 2 unspecified atom stereocenters. The zero-order valence-corrected chi connectivity index (χ0v) is 24.2. The Morgan fingerprint density at radius 2 is 2.00 bits per heavy atom. The van der Waals surface area contributed by atoms with Gasteiger partial charge in [-0.2, -0.15) is 5.10 Å². The molecule has 6 rings (SSSR count). The number of ether oxygens (including phenoxy) is 2. The van der Waals surface area contributed by atoms with Gasteiger partial charge in [-0.3, -0.25) is 9.88 Å².